The zero-order chi connectivity index (χ0) is 62.0. The predicted octanol–water partition coefficient (Wildman–Crippen LogP) is 8.52. The molecule has 0 unspecified atom stereocenters. The van der Waals surface area contributed by atoms with Crippen LogP contribution in [-0.2, 0) is 41.6 Å². The molecule has 0 bridgehead atoms. The standard InChI is InChI=1S/C67H76F2N10O8/c1-42(70-3)64(84)76-56(66(86)78-32-10-12-58(78)48-36-50(40-72-38-48)62(82)46-20-24-52(68)25-21-46)34-44-16-28-54(29-17-44)74-60(80)14-8-6-5-7-9-15-61(81)75-55-30-18-45(19-31-55)35-57(77-65(85)43(2)71-4)67(87)79-33-11-13-59(79)49-37-51(41-73-39-49)63(83)47-22-26-53(69)27-23-47/h16-31,36-43,56-59,70-71H,5-15,32-35H2,1-4H3,(H,74,80)(H,75,81)(H,76,84)(H,77,85)/t42-,43-,56+,57+,58-,59-/m0/s1. The number of hydrogen-bond acceptors (Lipinski definition) is 12. The van der Waals surface area contributed by atoms with Crippen LogP contribution in [0.2, 0.25) is 0 Å². The molecular formula is C67H76F2N10O8. The molecule has 4 heterocycles. The van der Waals surface area contributed by atoms with Crippen molar-refractivity contribution in [2.45, 2.75) is 134 Å². The highest BCUT2D eigenvalue weighted by molar-refractivity contribution is 6.09. The molecular weight excluding hydrogens is 1110 g/mol. The van der Waals surface area contributed by atoms with Crippen LogP contribution in [0.15, 0.2) is 134 Å². The highest BCUT2D eigenvalue weighted by Crippen LogP contribution is 2.35. The molecule has 2 aromatic heterocycles. The van der Waals surface area contributed by atoms with Crippen LogP contribution in [0.1, 0.15) is 151 Å². The number of nitrogens with zero attached hydrogens (tertiary/aromatic N) is 4. The van der Waals surface area contributed by atoms with Crippen molar-refractivity contribution in [3.63, 3.8) is 0 Å². The SMILES string of the molecule is CN[C@@H](C)C(=O)N[C@H](Cc1ccc(NC(=O)CCCCCCCC(=O)Nc2ccc(C[C@@H](NC(=O)[C@H](C)NC)C(=O)N3CCC[C@H]3c3cncc(C(=O)c4ccc(F)cc4)c3)cc2)cc1)C(=O)N1CCC[C@H]1c1cncc(C(=O)c2ccc(F)cc2)c1. The highest BCUT2D eigenvalue weighted by Gasteiger charge is 2.38. The molecule has 8 rings (SSSR count). The second-order valence-electron chi connectivity index (χ2n) is 22.4. The van der Waals surface area contributed by atoms with Gasteiger partial charge in [-0.25, -0.2) is 8.78 Å². The normalized spacial score (nSPS) is 16.1. The third-order valence-electron chi connectivity index (χ3n) is 16.1. The van der Waals surface area contributed by atoms with Gasteiger partial charge >= 0.3 is 0 Å². The Labute approximate surface area is 506 Å². The molecule has 2 saturated heterocycles. The first-order chi connectivity index (χ1) is 42.0. The van der Waals surface area contributed by atoms with Crippen molar-refractivity contribution < 1.29 is 47.1 Å². The third kappa shape index (κ3) is 17.6. The molecule has 0 aliphatic carbocycles. The van der Waals surface area contributed by atoms with Gasteiger partial charge in [0.1, 0.15) is 23.7 Å². The molecule has 87 heavy (non-hydrogen) atoms. The zero-order valence-corrected chi connectivity index (χ0v) is 49.6. The molecule has 6 aromatic rings. The number of anilines is 2. The van der Waals surface area contributed by atoms with E-state index in [1.54, 1.807) is 86.5 Å². The number of nitrogens with one attached hydrogen (secondary N) is 6. The first-order valence-corrected chi connectivity index (χ1v) is 29.8. The van der Waals surface area contributed by atoms with Crippen LogP contribution in [0.25, 0.3) is 0 Å². The van der Waals surface area contributed by atoms with Crippen molar-refractivity contribution in [1.82, 2.24) is 41.0 Å². The topological polar surface area (TPSA) is 241 Å². The van der Waals surface area contributed by atoms with E-state index in [0.29, 0.717) is 109 Å². The monoisotopic (exact) mass is 1190 g/mol. The molecule has 4 aromatic carbocycles. The summed E-state index contributed by atoms with van der Waals surface area (Å²) in [4.78, 5) is 120. The number of halogens is 2. The van der Waals surface area contributed by atoms with Gasteiger partial charge in [-0.05, 0) is 174 Å². The average Bonchev–Trinajstić information content (AvgIpc) is 2.51. The minimum atomic E-state index is -0.912. The number of benzene rings is 4. The largest absolute Gasteiger partial charge is 0.343 e. The van der Waals surface area contributed by atoms with Gasteiger partial charge in [0.05, 0.1) is 24.2 Å². The van der Waals surface area contributed by atoms with Gasteiger partial charge in [0.25, 0.3) is 0 Å². The summed E-state index contributed by atoms with van der Waals surface area (Å²) in [5.41, 5.74) is 5.36. The van der Waals surface area contributed by atoms with Crippen LogP contribution in [0.4, 0.5) is 20.2 Å². The summed E-state index contributed by atoms with van der Waals surface area (Å²) in [6.07, 6.45) is 13.6. The van der Waals surface area contributed by atoms with E-state index in [-0.39, 0.29) is 71.9 Å². The summed E-state index contributed by atoms with van der Waals surface area (Å²) in [7, 11) is 3.32. The van der Waals surface area contributed by atoms with Crippen molar-refractivity contribution in [3.05, 3.63) is 190 Å². The fourth-order valence-electron chi connectivity index (χ4n) is 10.9. The molecule has 6 atom stereocenters. The predicted molar refractivity (Wildman–Crippen MR) is 326 cm³/mol. The van der Waals surface area contributed by atoms with E-state index < -0.39 is 35.8 Å². The van der Waals surface area contributed by atoms with Gasteiger partial charge in [0.15, 0.2) is 11.6 Å². The van der Waals surface area contributed by atoms with Gasteiger partial charge in [-0.1, -0.05) is 43.5 Å². The van der Waals surface area contributed by atoms with E-state index in [2.05, 4.69) is 41.9 Å². The van der Waals surface area contributed by atoms with Gasteiger partial charge in [-0.15, -0.1) is 0 Å². The summed E-state index contributed by atoms with van der Waals surface area (Å²) in [5.74, 6) is -3.04. The van der Waals surface area contributed by atoms with E-state index >= 15 is 0 Å². The van der Waals surface area contributed by atoms with E-state index in [4.69, 9.17) is 0 Å². The van der Waals surface area contributed by atoms with Gasteiger partial charge in [-0.3, -0.25) is 48.3 Å². The molecule has 6 amide bonds. The maximum atomic E-state index is 14.4. The maximum Gasteiger partial charge on any atom is 0.246 e. The Balaban J connectivity index is 0.763. The Morgan fingerprint density at radius 1 is 0.494 bits per heavy atom. The van der Waals surface area contributed by atoms with Gasteiger partial charge in [-0.2, -0.15) is 0 Å². The number of pyridine rings is 2. The smallest absolute Gasteiger partial charge is 0.246 e. The summed E-state index contributed by atoms with van der Waals surface area (Å²) in [6.45, 7) is 4.30. The van der Waals surface area contributed by atoms with Crippen LogP contribution < -0.4 is 31.9 Å². The number of carbonyl (C=O) groups excluding carboxylic acids is 8. The van der Waals surface area contributed by atoms with Crippen molar-refractivity contribution >= 4 is 58.4 Å². The zero-order valence-electron chi connectivity index (χ0n) is 49.6. The number of carbonyl (C=O) groups is 8. The molecule has 0 spiro atoms. The Hall–Kier alpha value is -8.88. The summed E-state index contributed by atoms with van der Waals surface area (Å²) >= 11 is 0. The first kappa shape index (κ1) is 64.1. The highest BCUT2D eigenvalue weighted by atomic mass is 19.1. The fraction of sp³-hybridized carbons (Fsp3) is 0.373. The second kappa shape index (κ2) is 31.0. The molecule has 6 N–H and O–H groups in total. The fourth-order valence-corrected chi connectivity index (χ4v) is 10.9. The Morgan fingerprint density at radius 3 is 1.23 bits per heavy atom. The first-order valence-electron chi connectivity index (χ1n) is 29.8. The van der Waals surface area contributed by atoms with E-state index in [0.717, 1.165) is 30.4 Å². The van der Waals surface area contributed by atoms with E-state index in [9.17, 15) is 47.1 Å². The lowest BCUT2D eigenvalue weighted by Gasteiger charge is -2.30. The number of ketones is 2. The lowest BCUT2D eigenvalue weighted by Crippen LogP contribution is -2.53. The van der Waals surface area contributed by atoms with Crippen LogP contribution in [0.5, 0.6) is 0 Å². The third-order valence-corrected chi connectivity index (χ3v) is 16.1. The van der Waals surface area contributed by atoms with Crippen molar-refractivity contribution in [1.29, 1.82) is 0 Å². The molecule has 456 valence electrons. The maximum absolute atomic E-state index is 14.4. The summed E-state index contributed by atoms with van der Waals surface area (Å²) in [5, 5.41) is 17.6. The molecule has 20 heteroatoms. The van der Waals surface area contributed by atoms with Crippen molar-refractivity contribution in [2.75, 3.05) is 37.8 Å². The van der Waals surface area contributed by atoms with Gasteiger partial charge in [0, 0.05) is 97.2 Å². The molecule has 2 aliphatic rings. The molecule has 0 saturated carbocycles. The van der Waals surface area contributed by atoms with Crippen LogP contribution in [-0.4, -0.2) is 118 Å². The minimum absolute atomic E-state index is 0.140. The lowest BCUT2D eigenvalue weighted by molar-refractivity contribution is -0.137. The number of likely N-dealkylation sites (tertiary alicyclic amines) is 2. The number of hydrogen-bond donors (Lipinski definition) is 6. The van der Waals surface area contributed by atoms with Crippen LogP contribution >= 0.6 is 0 Å². The quantitative estimate of drug-likeness (QED) is 0.0200. The summed E-state index contributed by atoms with van der Waals surface area (Å²) < 4.78 is 27.1. The minimum Gasteiger partial charge on any atom is -0.343 e. The number of rotatable bonds is 28. The Kier molecular flexibility index (Phi) is 22.8. The summed E-state index contributed by atoms with van der Waals surface area (Å²) in [6, 6.07) is 24.6. The second-order valence-corrected chi connectivity index (χ2v) is 22.4. The van der Waals surface area contributed by atoms with E-state index in [1.807, 2.05) is 24.3 Å². The number of unbranched alkanes of at least 4 members (excludes halogenated alkanes) is 4. The molecule has 2 aliphatic heterocycles. The van der Waals surface area contributed by atoms with E-state index in [1.165, 1.54) is 60.9 Å². The molecule has 2 fully saturated rings. The molecule has 18 nitrogen and oxygen atoms in total. The number of amides is 6. The Morgan fingerprint density at radius 2 is 0.862 bits per heavy atom. The average molecular weight is 1190 g/mol. The van der Waals surface area contributed by atoms with Gasteiger partial charge < -0.3 is 41.7 Å². The van der Waals surface area contributed by atoms with Crippen molar-refractivity contribution in [2.24, 2.45) is 0 Å². The van der Waals surface area contributed by atoms with Crippen LogP contribution in [0.3, 0.4) is 0 Å². The lowest BCUT2D eigenvalue weighted by atomic mass is 9.99. The van der Waals surface area contributed by atoms with Crippen molar-refractivity contribution in [3.8, 4) is 0 Å². The number of aromatic nitrogens is 2. The number of likely N-dealkylation sites (N-methyl/N-ethyl adjacent to an activating group) is 2. The molecule has 0 radical (unpaired) electrons. The Bertz CT molecular complexity index is 3160. The van der Waals surface area contributed by atoms with Crippen LogP contribution in [0, 0.1) is 11.6 Å². The van der Waals surface area contributed by atoms with Gasteiger partial charge in [0.2, 0.25) is 35.4 Å².